The second kappa shape index (κ2) is 39.1. The number of hydrogen-bond donors (Lipinski definition) is 10. The van der Waals surface area contributed by atoms with Gasteiger partial charge in [0.25, 0.3) is 0 Å². The van der Waals surface area contributed by atoms with E-state index in [1.54, 1.807) is 85.2 Å². The first-order valence-electron chi connectivity index (χ1n) is 29.7. The van der Waals surface area contributed by atoms with Crippen molar-refractivity contribution in [1.29, 1.82) is 10.8 Å². The number of pyridine rings is 2. The Bertz CT molecular complexity index is 4250. The highest BCUT2D eigenvalue weighted by Crippen LogP contribution is 2.38. The fourth-order valence-corrected chi connectivity index (χ4v) is 8.33. The number of methoxy groups -OCH3 is 2. The maximum atomic E-state index is 16.1. The van der Waals surface area contributed by atoms with Crippen molar-refractivity contribution in [1.82, 2.24) is 49.3 Å². The lowest BCUT2D eigenvalue weighted by molar-refractivity contribution is -0.193. The number of likely N-dealkylation sites (N-methyl/N-ethyl adjacent to an activating group) is 2. The Balaban J connectivity index is 0.000000404. The van der Waals surface area contributed by atoms with Gasteiger partial charge in [0.15, 0.2) is 34.8 Å². The number of alkyl halides is 12. The Morgan fingerprint density at radius 3 is 1.16 bits per heavy atom. The minimum Gasteiger partial charge on any atom is -0.497 e. The van der Waals surface area contributed by atoms with Gasteiger partial charge in [-0.05, 0) is 102 Å². The lowest BCUT2D eigenvalue weighted by atomic mass is 9.90. The molecule has 4 unspecified atom stereocenters. The molecule has 4 aromatic carbocycles. The van der Waals surface area contributed by atoms with Crippen molar-refractivity contribution in [2.45, 2.75) is 75.4 Å². The maximum Gasteiger partial charge on any atom is 0.490 e. The first-order valence-corrected chi connectivity index (χ1v) is 29.7. The van der Waals surface area contributed by atoms with Crippen LogP contribution in [0, 0.1) is 22.5 Å². The number of aromatic nitrogens is 8. The van der Waals surface area contributed by atoms with Crippen LogP contribution in [-0.2, 0) is 32.0 Å². The number of benzene rings is 4. The molecule has 106 heavy (non-hydrogen) atoms. The summed E-state index contributed by atoms with van der Waals surface area (Å²) in [5, 5.41) is 52.8. The number of aromatic amines is 2. The van der Waals surface area contributed by atoms with Crippen LogP contribution in [0.4, 0.5) is 61.5 Å². The lowest BCUT2D eigenvalue weighted by Gasteiger charge is -2.22. The average Bonchev–Trinajstić information content (AvgIpc) is 1.50. The summed E-state index contributed by atoms with van der Waals surface area (Å²) in [5.41, 5.74) is 13.5. The van der Waals surface area contributed by atoms with Gasteiger partial charge in [0.2, 0.25) is 0 Å². The molecule has 8 rings (SSSR count). The maximum absolute atomic E-state index is 16.1. The van der Waals surface area contributed by atoms with Crippen LogP contribution in [0.3, 0.4) is 0 Å². The molecule has 0 spiro atoms. The van der Waals surface area contributed by atoms with E-state index in [0.29, 0.717) is 40.8 Å². The van der Waals surface area contributed by atoms with Crippen molar-refractivity contribution in [2.24, 2.45) is 11.5 Å². The molecular formula is C64H68F14N14O14. The van der Waals surface area contributed by atoms with Gasteiger partial charge in [0, 0.05) is 59.4 Å². The number of nitrogens with zero attached hydrogens (tertiary/aromatic N) is 8. The van der Waals surface area contributed by atoms with Gasteiger partial charge in [0.1, 0.15) is 47.5 Å². The second-order valence-electron chi connectivity index (χ2n) is 22.1. The quantitative estimate of drug-likeness (QED) is 0.0172. The molecule has 4 aromatic heterocycles. The zero-order chi connectivity index (χ0) is 80.5. The molecule has 0 amide bonds. The summed E-state index contributed by atoms with van der Waals surface area (Å²) in [6.07, 6.45) is -16.9. The number of rotatable bonds is 22. The van der Waals surface area contributed by atoms with Crippen LogP contribution in [0.25, 0.3) is 11.6 Å². The number of nitrogens with two attached hydrogens (primary N) is 2. The van der Waals surface area contributed by atoms with E-state index in [1.807, 2.05) is 76.1 Å². The Morgan fingerprint density at radius 1 is 0.547 bits per heavy atom. The monoisotopic (exact) mass is 1520 g/mol. The summed E-state index contributed by atoms with van der Waals surface area (Å²) in [6.45, 7) is 4.68. The number of carbonyl (C=O) groups is 4. The van der Waals surface area contributed by atoms with E-state index in [0.717, 1.165) is 20.5 Å². The van der Waals surface area contributed by atoms with Gasteiger partial charge in [0.05, 0.1) is 26.1 Å². The summed E-state index contributed by atoms with van der Waals surface area (Å²) < 4.78 is 184. The molecule has 42 heteroatoms. The third kappa shape index (κ3) is 28.0. The van der Waals surface area contributed by atoms with Crippen LogP contribution in [0.15, 0.2) is 131 Å². The van der Waals surface area contributed by atoms with E-state index in [-0.39, 0.29) is 77.5 Å². The summed E-state index contributed by atoms with van der Waals surface area (Å²) >= 11 is 0. The number of aliphatic carboxylic acids is 4. The molecule has 0 saturated carbocycles. The van der Waals surface area contributed by atoms with Gasteiger partial charge in [-0.15, -0.1) is 10.2 Å². The highest BCUT2D eigenvalue weighted by atomic mass is 19.4. The molecule has 4 heterocycles. The van der Waals surface area contributed by atoms with Crippen molar-refractivity contribution in [2.75, 3.05) is 55.6 Å². The molecule has 0 fully saturated rings. The molecule has 0 aliphatic rings. The average molecular weight is 1520 g/mol. The summed E-state index contributed by atoms with van der Waals surface area (Å²) in [6, 6.07) is 30.7. The summed E-state index contributed by atoms with van der Waals surface area (Å²) in [5.74, 6) is -11.6. The Labute approximate surface area is 590 Å². The van der Waals surface area contributed by atoms with Crippen molar-refractivity contribution >= 4 is 35.5 Å². The molecular weight excluding hydrogens is 1450 g/mol. The Kier molecular flexibility index (Phi) is 32.5. The van der Waals surface area contributed by atoms with Crippen molar-refractivity contribution in [3.05, 3.63) is 199 Å². The fraction of sp³-hybridized carbons (Fsp3) is 0.312. The van der Waals surface area contributed by atoms with E-state index >= 15 is 8.78 Å². The molecule has 0 aliphatic heterocycles. The molecule has 0 bridgehead atoms. The lowest BCUT2D eigenvalue weighted by Crippen LogP contribution is -2.30. The van der Waals surface area contributed by atoms with Crippen LogP contribution in [-0.4, -0.2) is 198 Å². The third-order valence-corrected chi connectivity index (χ3v) is 13.7. The molecule has 0 saturated heterocycles. The SMILES string of the molecule is COc1cc(OC(C)CN(C)C)c(F)c(C(Cc2ccc(C(=N)N)cc2)c2nn(-c3ccccn3)c(=O)[nH]2)c1.COc1cc(OCC(C)N(C)C)c(F)c(C(Cc2ccc(C(=N)N)cc2)c2nn(-c3ccccn3)c(=O)[nH]2)c1.O=C(O)C(F)(F)F.O=C(O)C(F)(F)F.O=C(O)C(F)(F)F.O=C(O)C(F)(F)F. The standard InChI is InChI=1S/2C28H32FN7O3.4C2HF3O2/c1-17(35(2)3)16-39-23-15-20(38-4)14-21(25(23)29)22(13-18-8-10-19(11-9-18)26(30)31)27-33-28(37)36(34-27)24-7-5-6-12-32-24;1-17(16-35(2)3)39-23-15-20(38-4)14-21(25(23)29)22(13-18-8-10-19(11-9-18)26(30)31)27-33-28(37)36(34-27)24-7-5-6-12-32-24;4*3-2(4,5)1(6)7/h2*5-12,14-15,17,22H,13,16H2,1-4H3,(H3,30,31)(H,33,34,37);4*(H,6,7). The van der Waals surface area contributed by atoms with Gasteiger partial charge >= 0.3 is 60.0 Å². The number of amidine groups is 2. The fourth-order valence-electron chi connectivity index (χ4n) is 8.33. The third-order valence-electron chi connectivity index (χ3n) is 13.7. The number of carboxylic acid groups (broad SMARTS) is 4. The number of nitrogens with one attached hydrogen (secondary N) is 4. The number of halogens is 14. The van der Waals surface area contributed by atoms with Crippen LogP contribution >= 0.6 is 0 Å². The van der Waals surface area contributed by atoms with E-state index in [1.165, 1.54) is 26.4 Å². The minimum atomic E-state index is -5.08. The zero-order valence-electron chi connectivity index (χ0n) is 56.6. The van der Waals surface area contributed by atoms with Gasteiger partial charge in [-0.1, -0.05) is 60.7 Å². The van der Waals surface area contributed by atoms with E-state index in [9.17, 15) is 62.3 Å². The summed E-state index contributed by atoms with van der Waals surface area (Å²) in [4.78, 5) is 79.3. The molecule has 4 atom stereocenters. The van der Waals surface area contributed by atoms with E-state index < -0.39 is 83.4 Å². The van der Waals surface area contributed by atoms with Gasteiger partial charge in [-0.25, -0.2) is 47.5 Å². The van der Waals surface area contributed by atoms with Gasteiger partial charge in [-0.2, -0.15) is 62.0 Å². The largest absolute Gasteiger partial charge is 0.497 e. The predicted molar refractivity (Wildman–Crippen MR) is 348 cm³/mol. The minimum absolute atomic E-state index is 0.0417. The number of ether oxygens (including phenoxy) is 4. The second-order valence-corrected chi connectivity index (χ2v) is 22.1. The molecule has 576 valence electrons. The Hall–Kier alpha value is -12.0. The van der Waals surface area contributed by atoms with Crippen molar-refractivity contribution in [3.63, 3.8) is 0 Å². The first-order chi connectivity index (χ1) is 49.1. The van der Waals surface area contributed by atoms with Gasteiger partial charge < -0.3 is 60.6 Å². The molecule has 28 nitrogen and oxygen atoms in total. The normalized spacial score (nSPS) is 12.4. The topological polar surface area (TPSA) is 419 Å². The van der Waals surface area contributed by atoms with Crippen LogP contribution < -0.4 is 41.8 Å². The molecule has 0 aliphatic carbocycles. The Morgan fingerprint density at radius 2 is 0.877 bits per heavy atom. The van der Waals surface area contributed by atoms with Crippen LogP contribution in [0.2, 0.25) is 0 Å². The van der Waals surface area contributed by atoms with Crippen molar-refractivity contribution in [3.8, 4) is 34.6 Å². The predicted octanol–water partition coefficient (Wildman–Crippen LogP) is 8.71. The van der Waals surface area contributed by atoms with E-state index in [2.05, 4.69) is 30.1 Å². The van der Waals surface area contributed by atoms with Crippen LogP contribution in [0.1, 0.15) is 70.7 Å². The molecule has 8 aromatic rings. The molecule has 12 N–H and O–H groups in total. The highest BCUT2D eigenvalue weighted by Gasteiger charge is 2.40. The number of hydrogen-bond acceptors (Lipinski definition) is 18. The molecule has 0 radical (unpaired) electrons. The van der Waals surface area contributed by atoms with Gasteiger partial charge in [-0.3, -0.25) is 20.8 Å². The highest BCUT2D eigenvalue weighted by molar-refractivity contribution is 5.95. The van der Waals surface area contributed by atoms with Crippen molar-refractivity contribution < 1.29 is 120 Å². The van der Waals surface area contributed by atoms with E-state index in [4.69, 9.17) is 80.8 Å². The first kappa shape index (κ1) is 88.2. The van der Waals surface area contributed by atoms with Crippen LogP contribution in [0.5, 0.6) is 23.0 Å². The smallest absolute Gasteiger partial charge is 0.490 e. The zero-order valence-corrected chi connectivity index (χ0v) is 56.6. The number of nitrogen functional groups attached to an aromatic ring is 2. The summed E-state index contributed by atoms with van der Waals surface area (Å²) in [7, 11) is 10.7. The number of H-pyrrole nitrogens is 2. The number of carboxylic acids is 4.